The van der Waals surface area contributed by atoms with E-state index in [1.54, 1.807) is 0 Å². The number of ketones is 1. The van der Waals surface area contributed by atoms with E-state index in [1.807, 2.05) is 0 Å². The summed E-state index contributed by atoms with van der Waals surface area (Å²) in [6.45, 7) is 7.37. The van der Waals surface area contributed by atoms with Gasteiger partial charge in [-0.05, 0) is 56.8 Å². The Morgan fingerprint density at radius 3 is 2.46 bits per heavy atom. The number of Topliss-reactive ketones (excluding diaryl/α,β-unsaturated/α-hetero) is 1. The van der Waals surface area contributed by atoms with Crippen LogP contribution in [0.2, 0.25) is 0 Å². The minimum atomic E-state index is -0.342. The van der Waals surface area contributed by atoms with Gasteiger partial charge in [0.25, 0.3) is 0 Å². The van der Waals surface area contributed by atoms with Gasteiger partial charge >= 0.3 is 11.9 Å². The highest BCUT2D eigenvalue weighted by atomic mass is 16.5. The zero-order chi connectivity index (χ0) is 20.5. The van der Waals surface area contributed by atoms with Crippen LogP contribution in [0.4, 0.5) is 0 Å². The van der Waals surface area contributed by atoms with Crippen LogP contribution in [0.15, 0.2) is 11.6 Å². The SMILES string of the molecule is CC(=O)O[C@H]1C/C=C(\C)C2CCC3(C)C(CC[C@@H]3OC(C)=O)[C@@H]2CCC(=O)C1. The molecule has 0 bridgehead atoms. The first kappa shape index (κ1) is 21.1. The van der Waals surface area contributed by atoms with E-state index in [2.05, 4.69) is 19.9 Å². The number of esters is 2. The Bertz CT molecular complexity index is 666. The van der Waals surface area contributed by atoms with Gasteiger partial charge in [0, 0.05) is 38.5 Å². The minimum Gasteiger partial charge on any atom is -0.462 e. The molecule has 0 aliphatic heterocycles. The van der Waals surface area contributed by atoms with Crippen LogP contribution in [0, 0.1) is 23.2 Å². The molecular weight excluding hydrogens is 356 g/mol. The monoisotopic (exact) mass is 390 g/mol. The maximum atomic E-state index is 12.5. The Hall–Kier alpha value is -1.65. The molecule has 0 aromatic carbocycles. The van der Waals surface area contributed by atoms with Crippen molar-refractivity contribution in [3.63, 3.8) is 0 Å². The third kappa shape index (κ3) is 4.33. The molecule has 0 heterocycles. The number of carbonyl (C=O) groups is 3. The van der Waals surface area contributed by atoms with Crippen LogP contribution in [0.3, 0.4) is 0 Å². The van der Waals surface area contributed by atoms with Gasteiger partial charge in [-0.15, -0.1) is 0 Å². The lowest BCUT2D eigenvalue weighted by atomic mass is 9.57. The van der Waals surface area contributed by atoms with Crippen molar-refractivity contribution in [1.29, 1.82) is 0 Å². The molecule has 156 valence electrons. The van der Waals surface area contributed by atoms with Gasteiger partial charge in [0.05, 0.1) is 0 Å². The number of carbonyl (C=O) groups excluding carboxylic acids is 3. The molecule has 5 nitrogen and oxygen atoms in total. The molecule has 6 atom stereocenters. The van der Waals surface area contributed by atoms with E-state index in [-0.39, 0.29) is 35.3 Å². The molecule has 5 heteroatoms. The molecule has 3 unspecified atom stereocenters. The van der Waals surface area contributed by atoms with Crippen molar-refractivity contribution in [2.75, 3.05) is 0 Å². The van der Waals surface area contributed by atoms with E-state index in [9.17, 15) is 14.4 Å². The molecule has 28 heavy (non-hydrogen) atoms. The lowest BCUT2D eigenvalue weighted by Gasteiger charge is -2.49. The number of rotatable bonds is 2. The van der Waals surface area contributed by atoms with E-state index in [4.69, 9.17) is 9.47 Å². The van der Waals surface area contributed by atoms with Gasteiger partial charge < -0.3 is 9.47 Å². The molecule has 3 aliphatic rings. The third-order valence-corrected chi connectivity index (χ3v) is 7.49. The summed E-state index contributed by atoms with van der Waals surface area (Å²) in [6.07, 6.45) is 8.26. The molecule has 2 fully saturated rings. The maximum Gasteiger partial charge on any atom is 0.302 e. The second-order valence-corrected chi connectivity index (χ2v) is 9.29. The smallest absolute Gasteiger partial charge is 0.302 e. The van der Waals surface area contributed by atoms with Crippen molar-refractivity contribution >= 4 is 17.7 Å². The zero-order valence-electron chi connectivity index (χ0n) is 17.7. The summed E-state index contributed by atoms with van der Waals surface area (Å²) in [7, 11) is 0. The summed E-state index contributed by atoms with van der Waals surface area (Å²) < 4.78 is 11.1. The first-order valence-corrected chi connectivity index (χ1v) is 10.7. The largest absolute Gasteiger partial charge is 0.462 e. The van der Waals surface area contributed by atoms with Crippen LogP contribution in [-0.4, -0.2) is 29.9 Å². The predicted octanol–water partition coefficient (Wildman–Crippen LogP) is 4.38. The van der Waals surface area contributed by atoms with Crippen molar-refractivity contribution in [1.82, 2.24) is 0 Å². The predicted molar refractivity (Wildman–Crippen MR) is 105 cm³/mol. The summed E-state index contributed by atoms with van der Waals surface area (Å²) in [5, 5.41) is 0. The first-order chi connectivity index (χ1) is 13.2. The molecule has 0 aromatic heterocycles. The highest BCUT2D eigenvalue weighted by Gasteiger charge is 2.55. The highest BCUT2D eigenvalue weighted by molar-refractivity contribution is 5.79. The molecule has 3 rings (SSSR count). The third-order valence-electron chi connectivity index (χ3n) is 7.49. The van der Waals surface area contributed by atoms with Gasteiger partial charge in [-0.25, -0.2) is 0 Å². The van der Waals surface area contributed by atoms with Crippen molar-refractivity contribution in [3.05, 3.63) is 11.6 Å². The summed E-state index contributed by atoms with van der Waals surface area (Å²) in [5.74, 6) is 1.05. The van der Waals surface area contributed by atoms with Crippen LogP contribution in [0.5, 0.6) is 0 Å². The van der Waals surface area contributed by atoms with Gasteiger partial charge in [0.15, 0.2) is 0 Å². The molecular formula is C23H34O5. The standard InChI is InChI=1S/C23H34O5/c1-14-5-7-18(27-15(2)24)13-17(26)6-8-20-19(14)11-12-23(4)21(20)9-10-22(23)28-16(3)25/h5,18-22H,6-13H2,1-4H3/b14-5+/t18-,19?,20+,21?,22-,23?/m0/s1. The molecule has 0 spiro atoms. The lowest BCUT2D eigenvalue weighted by molar-refractivity contribution is -0.155. The summed E-state index contributed by atoms with van der Waals surface area (Å²) >= 11 is 0. The molecule has 0 N–H and O–H groups in total. The Morgan fingerprint density at radius 1 is 1.07 bits per heavy atom. The lowest BCUT2D eigenvalue weighted by Crippen LogP contribution is -2.45. The van der Waals surface area contributed by atoms with Gasteiger partial charge in [0.2, 0.25) is 0 Å². The fourth-order valence-corrected chi connectivity index (χ4v) is 6.16. The molecule has 0 radical (unpaired) electrons. The quantitative estimate of drug-likeness (QED) is 0.517. The van der Waals surface area contributed by atoms with Crippen molar-refractivity contribution in [2.45, 2.75) is 91.3 Å². The number of ether oxygens (including phenoxy) is 2. The van der Waals surface area contributed by atoms with Crippen LogP contribution < -0.4 is 0 Å². The van der Waals surface area contributed by atoms with Gasteiger partial charge in [-0.2, -0.15) is 0 Å². The molecule has 2 saturated carbocycles. The van der Waals surface area contributed by atoms with E-state index < -0.39 is 0 Å². The summed E-state index contributed by atoms with van der Waals surface area (Å²) in [5.41, 5.74) is 1.37. The second kappa shape index (κ2) is 8.38. The van der Waals surface area contributed by atoms with Crippen molar-refractivity contribution in [3.8, 4) is 0 Å². The Morgan fingerprint density at radius 2 is 1.79 bits per heavy atom. The summed E-state index contributed by atoms with van der Waals surface area (Å²) in [4.78, 5) is 35.5. The van der Waals surface area contributed by atoms with Crippen LogP contribution in [0.1, 0.15) is 79.1 Å². The van der Waals surface area contributed by atoms with Gasteiger partial charge in [0.1, 0.15) is 18.0 Å². The second-order valence-electron chi connectivity index (χ2n) is 9.29. The minimum absolute atomic E-state index is 0.000287. The maximum absolute atomic E-state index is 12.5. The van der Waals surface area contributed by atoms with E-state index in [0.29, 0.717) is 37.0 Å². The van der Waals surface area contributed by atoms with E-state index in [1.165, 1.54) is 19.4 Å². The fraction of sp³-hybridized carbons (Fsp3) is 0.783. The summed E-state index contributed by atoms with van der Waals surface area (Å²) in [6, 6.07) is 0. The number of fused-ring (bicyclic) bond motifs is 3. The van der Waals surface area contributed by atoms with Crippen LogP contribution >= 0.6 is 0 Å². The molecule has 0 saturated heterocycles. The zero-order valence-corrected chi connectivity index (χ0v) is 17.7. The number of hydrogen-bond acceptors (Lipinski definition) is 5. The molecule has 3 aliphatic carbocycles. The Kier molecular flexibility index (Phi) is 6.31. The first-order valence-electron chi connectivity index (χ1n) is 10.7. The average Bonchev–Trinajstić information content (AvgIpc) is 2.92. The van der Waals surface area contributed by atoms with Gasteiger partial charge in [-0.3, -0.25) is 14.4 Å². The normalized spacial score (nSPS) is 40.5. The van der Waals surface area contributed by atoms with Crippen LogP contribution in [0.25, 0.3) is 0 Å². The van der Waals surface area contributed by atoms with Gasteiger partial charge in [-0.1, -0.05) is 18.6 Å². The molecule has 0 amide bonds. The van der Waals surface area contributed by atoms with Crippen molar-refractivity contribution in [2.24, 2.45) is 23.2 Å². The van der Waals surface area contributed by atoms with Crippen LogP contribution in [-0.2, 0) is 23.9 Å². The Balaban J connectivity index is 1.82. The van der Waals surface area contributed by atoms with E-state index >= 15 is 0 Å². The van der Waals surface area contributed by atoms with E-state index in [0.717, 1.165) is 32.1 Å². The highest BCUT2D eigenvalue weighted by Crippen LogP contribution is 2.59. The average molecular weight is 391 g/mol. The topological polar surface area (TPSA) is 69.7 Å². The fourth-order valence-electron chi connectivity index (χ4n) is 6.16. The Labute approximate surface area is 168 Å². The number of hydrogen-bond donors (Lipinski definition) is 0. The number of allylic oxidation sites excluding steroid dienone is 1. The van der Waals surface area contributed by atoms with Crippen molar-refractivity contribution < 1.29 is 23.9 Å². The molecule has 0 aromatic rings.